The molecule has 24 heavy (non-hydrogen) atoms. The van der Waals surface area contributed by atoms with Crippen LogP contribution in [0.25, 0.3) is 0 Å². The fourth-order valence-corrected chi connectivity index (χ4v) is 2.39. The molecule has 0 radical (unpaired) electrons. The van der Waals surface area contributed by atoms with E-state index in [1.807, 2.05) is 0 Å². The summed E-state index contributed by atoms with van der Waals surface area (Å²) < 4.78 is 0. The highest BCUT2D eigenvalue weighted by molar-refractivity contribution is 8.02. The number of amidine groups is 1. The van der Waals surface area contributed by atoms with Crippen LogP contribution in [-0.2, 0) is 24.0 Å². The standard InChI is InChI=1S/C12H16ClN5O5S/c1-6(19)14-3-4-24-12-8(10(21)17-12)16-11(22)9(18-23-2)15-7(20)5-13/h3-4,8,12H,5H2,1-2H3,(H,14,19)(H,16,22)(H,17,21)(H,15,18,20)/t8-,12-/m1/s1. The van der Waals surface area contributed by atoms with E-state index in [0.29, 0.717) is 0 Å². The van der Waals surface area contributed by atoms with Crippen molar-refractivity contribution in [2.24, 2.45) is 5.16 Å². The Balaban J connectivity index is 2.60. The summed E-state index contributed by atoms with van der Waals surface area (Å²) in [7, 11) is 1.20. The summed E-state index contributed by atoms with van der Waals surface area (Å²) in [5.41, 5.74) is 0. The van der Waals surface area contributed by atoms with Crippen molar-refractivity contribution in [1.82, 2.24) is 21.3 Å². The SMILES string of the molecule is CON=C(NC(=O)CCl)C(=O)N[C@@H]1C(=O)N[C@@H]1SC=CNC(C)=O. The highest BCUT2D eigenvalue weighted by Crippen LogP contribution is 2.20. The number of hydrogen-bond acceptors (Lipinski definition) is 7. The highest BCUT2D eigenvalue weighted by atomic mass is 35.5. The van der Waals surface area contributed by atoms with Gasteiger partial charge in [-0.15, -0.1) is 23.4 Å². The monoisotopic (exact) mass is 377 g/mol. The van der Waals surface area contributed by atoms with E-state index >= 15 is 0 Å². The van der Waals surface area contributed by atoms with Gasteiger partial charge in [0.1, 0.15) is 24.4 Å². The number of β-lactam (4-membered cyclic amide) rings is 1. The molecule has 4 N–H and O–H groups in total. The van der Waals surface area contributed by atoms with E-state index < -0.39 is 35.0 Å². The van der Waals surface area contributed by atoms with Crippen molar-refractivity contribution in [3.05, 3.63) is 11.6 Å². The molecule has 0 bridgehead atoms. The van der Waals surface area contributed by atoms with Gasteiger partial charge in [-0.3, -0.25) is 19.2 Å². The maximum absolute atomic E-state index is 12.1. The molecule has 2 atom stereocenters. The van der Waals surface area contributed by atoms with Gasteiger partial charge < -0.3 is 26.1 Å². The molecule has 0 spiro atoms. The molecular formula is C12H16ClN5O5S. The number of thioether (sulfide) groups is 1. The number of nitrogens with one attached hydrogen (secondary N) is 4. The summed E-state index contributed by atoms with van der Waals surface area (Å²) in [5.74, 6) is -2.86. The van der Waals surface area contributed by atoms with Crippen LogP contribution in [0.15, 0.2) is 16.8 Å². The first-order valence-corrected chi connectivity index (χ1v) is 8.02. The minimum atomic E-state index is -0.834. The van der Waals surface area contributed by atoms with Crippen LogP contribution in [-0.4, -0.2) is 53.9 Å². The molecule has 1 rings (SSSR count). The lowest BCUT2D eigenvalue weighted by Gasteiger charge is -2.35. The van der Waals surface area contributed by atoms with Gasteiger partial charge in [0.15, 0.2) is 0 Å². The molecule has 132 valence electrons. The van der Waals surface area contributed by atoms with Gasteiger partial charge in [0.2, 0.25) is 23.6 Å². The van der Waals surface area contributed by atoms with Crippen LogP contribution < -0.4 is 21.3 Å². The van der Waals surface area contributed by atoms with E-state index in [2.05, 4.69) is 31.3 Å². The summed E-state index contributed by atoms with van der Waals surface area (Å²) in [4.78, 5) is 50.0. The second-order valence-corrected chi connectivity index (χ2v) is 5.64. The first-order valence-electron chi connectivity index (χ1n) is 6.54. The lowest BCUT2D eigenvalue weighted by Crippen LogP contribution is -2.68. The molecule has 0 aliphatic carbocycles. The van der Waals surface area contributed by atoms with Gasteiger partial charge in [0.25, 0.3) is 5.91 Å². The van der Waals surface area contributed by atoms with Crippen molar-refractivity contribution in [2.45, 2.75) is 18.3 Å². The van der Waals surface area contributed by atoms with Crippen molar-refractivity contribution in [3.8, 4) is 0 Å². The predicted molar refractivity (Wildman–Crippen MR) is 87.7 cm³/mol. The van der Waals surface area contributed by atoms with Crippen LogP contribution in [0, 0.1) is 0 Å². The quantitative estimate of drug-likeness (QED) is 0.147. The fraction of sp³-hybridized carbons (Fsp3) is 0.417. The number of hydrogen-bond donors (Lipinski definition) is 4. The van der Waals surface area contributed by atoms with Crippen molar-refractivity contribution >= 4 is 52.8 Å². The number of rotatable bonds is 6. The lowest BCUT2D eigenvalue weighted by molar-refractivity contribution is -0.132. The molecule has 0 aromatic carbocycles. The van der Waals surface area contributed by atoms with Crippen LogP contribution in [0.5, 0.6) is 0 Å². The molecule has 12 heteroatoms. The Bertz CT molecular complexity index is 582. The molecule has 0 aromatic heterocycles. The Morgan fingerprint density at radius 1 is 1.46 bits per heavy atom. The minimum Gasteiger partial charge on any atom is -0.397 e. The maximum atomic E-state index is 12.1. The van der Waals surface area contributed by atoms with Gasteiger partial charge in [0, 0.05) is 13.1 Å². The zero-order chi connectivity index (χ0) is 18.1. The van der Waals surface area contributed by atoms with Crippen molar-refractivity contribution < 1.29 is 24.0 Å². The third-order valence-electron chi connectivity index (χ3n) is 2.51. The Labute approximate surface area is 146 Å². The molecule has 4 amide bonds. The number of carbonyl (C=O) groups is 4. The third kappa shape index (κ3) is 6.08. The Hall–Kier alpha value is -2.27. The second kappa shape index (κ2) is 9.78. The average Bonchev–Trinajstić information content (AvgIpc) is 2.54. The number of amides is 4. The molecule has 0 aromatic rings. The van der Waals surface area contributed by atoms with E-state index in [9.17, 15) is 19.2 Å². The van der Waals surface area contributed by atoms with Crippen LogP contribution in [0.1, 0.15) is 6.92 Å². The van der Waals surface area contributed by atoms with Gasteiger partial charge in [-0.1, -0.05) is 5.16 Å². The summed E-state index contributed by atoms with van der Waals surface area (Å²) in [6.07, 6.45) is 1.41. The molecule has 1 aliphatic rings. The highest BCUT2D eigenvalue weighted by Gasteiger charge is 2.41. The van der Waals surface area contributed by atoms with Crippen LogP contribution >= 0.6 is 23.4 Å². The summed E-state index contributed by atoms with van der Waals surface area (Å²) in [5, 5.41) is 14.1. The fourth-order valence-electron chi connectivity index (χ4n) is 1.47. The molecule has 1 aliphatic heterocycles. The van der Waals surface area contributed by atoms with Gasteiger partial charge in [-0.25, -0.2) is 0 Å². The van der Waals surface area contributed by atoms with Gasteiger partial charge in [-0.05, 0) is 5.41 Å². The second-order valence-electron chi connectivity index (χ2n) is 4.32. The lowest BCUT2D eigenvalue weighted by atomic mass is 10.1. The number of carbonyl (C=O) groups excluding carboxylic acids is 4. The molecule has 0 saturated carbocycles. The molecular weight excluding hydrogens is 362 g/mol. The van der Waals surface area contributed by atoms with Crippen molar-refractivity contribution in [3.63, 3.8) is 0 Å². The third-order valence-corrected chi connectivity index (χ3v) is 3.73. The van der Waals surface area contributed by atoms with E-state index in [4.69, 9.17) is 11.6 Å². The van der Waals surface area contributed by atoms with Crippen molar-refractivity contribution in [2.75, 3.05) is 13.0 Å². The molecule has 1 heterocycles. The van der Waals surface area contributed by atoms with Crippen molar-refractivity contribution in [1.29, 1.82) is 0 Å². The predicted octanol–water partition coefficient (Wildman–Crippen LogP) is -1.42. The molecule has 1 saturated heterocycles. The van der Waals surface area contributed by atoms with Gasteiger partial charge >= 0.3 is 0 Å². The van der Waals surface area contributed by atoms with Crippen LogP contribution in [0.3, 0.4) is 0 Å². The van der Waals surface area contributed by atoms with Gasteiger partial charge in [-0.2, -0.15) is 0 Å². The topological polar surface area (TPSA) is 138 Å². The number of nitrogens with zero attached hydrogens (tertiary/aromatic N) is 1. The smallest absolute Gasteiger partial charge is 0.291 e. The van der Waals surface area contributed by atoms with E-state index in [-0.39, 0.29) is 11.8 Å². The molecule has 10 nitrogen and oxygen atoms in total. The van der Waals surface area contributed by atoms with Crippen LogP contribution in [0.2, 0.25) is 0 Å². The Morgan fingerprint density at radius 2 is 2.17 bits per heavy atom. The first-order chi connectivity index (χ1) is 11.4. The minimum absolute atomic E-state index is 0.232. The summed E-state index contributed by atoms with van der Waals surface area (Å²) in [6, 6.07) is -0.834. The Kier molecular flexibility index (Phi) is 8.06. The van der Waals surface area contributed by atoms with Crippen LogP contribution in [0.4, 0.5) is 0 Å². The van der Waals surface area contributed by atoms with E-state index in [0.717, 1.165) is 0 Å². The number of halogens is 1. The normalized spacial score (nSPS) is 20.0. The molecule has 0 unspecified atom stereocenters. The summed E-state index contributed by atoms with van der Waals surface area (Å²) >= 11 is 6.52. The summed E-state index contributed by atoms with van der Waals surface area (Å²) in [6.45, 7) is 1.36. The average molecular weight is 378 g/mol. The first kappa shape index (κ1) is 19.8. The van der Waals surface area contributed by atoms with E-state index in [1.165, 1.54) is 32.0 Å². The zero-order valence-electron chi connectivity index (χ0n) is 12.8. The zero-order valence-corrected chi connectivity index (χ0v) is 14.4. The number of alkyl halides is 1. The van der Waals surface area contributed by atoms with E-state index in [1.54, 1.807) is 5.41 Å². The maximum Gasteiger partial charge on any atom is 0.291 e. The largest absolute Gasteiger partial charge is 0.397 e. The van der Waals surface area contributed by atoms with Gasteiger partial charge in [0.05, 0.1) is 0 Å². The molecule has 1 fully saturated rings. The number of oxime groups is 1. The Morgan fingerprint density at radius 3 is 2.71 bits per heavy atom.